The van der Waals surface area contributed by atoms with Gasteiger partial charge in [0.15, 0.2) is 0 Å². The Kier molecular flexibility index (Phi) is 2.07. The first-order chi connectivity index (χ1) is 9.22. The molecule has 2 heterocycles. The van der Waals surface area contributed by atoms with Crippen LogP contribution >= 0.6 is 0 Å². The highest BCUT2D eigenvalue weighted by atomic mass is 16.2. The Morgan fingerprint density at radius 1 is 1.16 bits per heavy atom. The molecule has 96 valence electrons. The minimum Gasteiger partial charge on any atom is -0.326 e. The highest BCUT2D eigenvalue weighted by Crippen LogP contribution is 2.39. The second kappa shape index (κ2) is 3.66. The zero-order valence-corrected chi connectivity index (χ0v) is 10.3. The van der Waals surface area contributed by atoms with Crippen molar-refractivity contribution < 1.29 is 9.59 Å². The summed E-state index contributed by atoms with van der Waals surface area (Å²) in [7, 11) is 0. The van der Waals surface area contributed by atoms with Gasteiger partial charge in [0.05, 0.1) is 12.1 Å². The third-order valence-electron chi connectivity index (χ3n) is 4.28. The summed E-state index contributed by atoms with van der Waals surface area (Å²) in [6.07, 6.45) is 2.39. The van der Waals surface area contributed by atoms with Gasteiger partial charge in [-0.15, -0.1) is 0 Å². The minimum absolute atomic E-state index is 0.0348. The van der Waals surface area contributed by atoms with Gasteiger partial charge in [-0.3, -0.25) is 9.59 Å². The van der Waals surface area contributed by atoms with Crippen LogP contribution in [0.3, 0.4) is 0 Å². The fourth-order valence-electron chi connectivity index (χ4n) is 3.09. The van der Waals surface area contributed by atoms with Gasteiger partial charge in [0.2, 0.25) is 11.8 Å². The molecule has 1 aromatic rings. The van der Waals surface area contributed by atoms with E-state index in [0.29, 0.717) is 6.42 Å². The van der Waals surface area contributed by atoms with Gasteiger partial charge in [-0.1, -0.05) is 6.07 Å². The summed E-state index contributed by atoms with van der Waals surface area (Å²) in [4.78, 5) is 22.9. The molecule has 0 spiro atoms. The van der Waals surface area contributed by atoms with E-state index in [-0.39, 0.29) is 23.7 Å². The monoisotopic (exact) mass is 255 g/mol. The Bertz CT molecular complexity index is 636. The molecule has 3 aliphatic rings. The lowest BCUT2D eigenvalue weighted by Gasteiger charge is -2.38. The molecule has 2 amide bonds. The first-order valence-corrected chi connectivity index (χ1v) is 6.53. The molecule has 19 heavy (non-hydrogen) atoms. The summed E-state index contributed by atoms with van der Waals surface area (Å²) in [5.41, 5.74) is 6.48. The number of benzene rings is 1. The van der Waals surface area contributed by atoms with Gasteiger partial charge in [-0.2, -0.15) is 5.10 Å². The second-order valence-electron chi connectivity index (χ2n) is 5.36. The van der Waals surface area contributed by atoms with E-state index in [1.165, 1.54) is 0 Å². The Hall–Kier alpha value is -2.17. The van der Waals surface area contributed by atoms with Crippen molar-refractivity contribution in [3.05, 3.63) is 29.3 Å². The maximum Gasteiger partial charge on any atom is 0.243 e. The normalized spacial score (nSPS) is 27.7. The number of nitrogens with one attached hydrogen (secondary N) is 2. The predicted octanol–water partition coefficient (Wildman–Crippen LogP) is 1.04. The van der Waals surface area contributed by atoms with E-state index in [2.05, 4.69) is 15.8 Å². The van der Waals surface area contributed by atoms with Crippen molar-refractivity contribution in [1.82, 2.24) is 5.43 Å². The molecule has 4 rings (SSSR count). The van der Waals surface area contributed by atoms with Crippen LogP contribution in [0, 0.1) is 11.8 Å². The quantitative estimate of drug-likeness (QED) is 0.787. The van der Waals surface area contributed by atoms with Crippen molar-refractivity contribution in [2.45, 2.75) is 19.3 Å². The molecule has 0 saturated heterocycles. The van der Waals surface area contributed by atoms with E-state index in [9.17, 15) is 9.59 Å². The zero-order chi connectivity index (χ0) is 13.0. The Labute approximate surface area is 110 Å². The van der Waals surface area contributed by atoms with Crippen LogP contribution in [-0.4, -0.2) is 17.5 Å². The number of hydrogen-bond acceptors (Lipinski definition) is 3. The highest BCUT2D eigenvalue weighted by molar-refractivity contribution is 6.08. The Morgan fingerprint density at radius 3 is 2.79 bits per heavy atom. The van der Waals surface area contributed by atoms with Gasteiger partial charge in [0.1, 0.15) is 0 Å². The third-order valence-corrected chi connectivity index (χ3v) is 4.28. The zero-order valence-electron chi connectivity index (χ0n) is 10.3. The van der Waals surface area contributed by atoms with Crippen molar-refractivity contribution in [1.29, 1.82) is 0 Å². The fraction of sp³-hybridized carbons (Fsp3) is 0.357. The molecule has 2 unspecified atom stereocenters. The molecule has 2 aliphatic heterocycles. The van der Waals surface area contributed by atoms with Crippen LogP contribution in [0.4, 0.5) is 5.69 Å². The summed E-state index contributed by atoms with van der Waals surface area (Å²) in [6.45, 7) is 0. The van der Waals surface area contributed by atoms with Crippen LogP contribution < -0.4 is 10.7 Å². The van der Waals surface area contributed by atoms with E-state index in [1.807, 2.05) is 18.2 Å². The largest absolute Gasteiger partial charge is 0.326 e. The van der Waals surface area contributed by atoms with E-state index in [1.54, 1.807) is 0 Å². The van der Waals surface area contributed by atoms with Crippen molar-refractivity contribution >= 4 is 23.2 Å². The molecule has 5 heteroatoms. The van der Waals surface area contributed by atoms with Crippen LogP contribution in [0.5, 0.6) is 0 Å². The van der Waals surface area contributed by atoms with Gasteiger partial charge in [0.25, 0.3) is 0 Å². The van der Waals surface area contributed by atoms with E-state index < -0.39 is 0 Å². The number of carbonyl (C=O) groups is 2. The van der Waals surface area contributed by atoms with Gasteiger partial charge in [-0.25, -0.2) is 5.43 Å². The lowest BCUT2D eigenvalue weighted by Crippen LogP contribution is -2.47. The number of fused-ring (bicyclic) bond motifs is 2. The van der Waals surface area contributed by atoms with Gasteiger partial charge in [-0.05, 0) is 36.1 Å². The minimum atomic E-state index is 0.0348. The Balaban J connectivity index is 1.72. The van der Waals surface area contributed by atoms with Gasteiger partial charge in [0, 0.05) is 17.5 Å². The molecule has 1 aromatic carbocycles. The molecule has 0 aromatic heterocycles. The van der Waals surface area contributed by atoms with Crippen LogP contribution in [0.2, 0.25) is 0 Å². The summed E-state index contributed by atoms with van der Waals surface area (Å²) >= 11 is 0. The standard InChI is InChI=1S/C14H13N3O2/c18-12-6-8-5-7(1-4-11(8)15-12)13-9-2-3-10(9)14(19)17-16-13/h1,4-5,9-10H,2-3,6H2,(H,15,18)(H,17,19). The molecule has 1 saturated carbocycles. The average molecular weight is 255 g/mol. The first kappa shape index (κ1) is 10.7. The number of carbonyl (C=O) groups excluding carboxylic acids is 2. The number of hydrogen-bond donors (Lipinski definition) is 2. The smallest absolute Gasteiger partial charge is 0.243 e. The Morgan fingerprint density at radius 2 is 2.00 bits per heavy atom. The topological polar surface area (TPSA) is 70.6 Å². The summed E-state index contributed by atoms with van der Waals surface area (Å²) in [5.74, 6) is 0.405. The fourth-order valence-corrected chi connectivity index (χ4v) is 3.09. The number of amides is 2. The first-order valence-electron chi connectivity index (χ1n) is 6.53. The second-order valence-corrected chi connectivity index (χ2v) is 5.36. The lowest BCUT2D eigenvalue weighted by atomic mass is 9.68. The van der Waals surface area contributed by atoms with Gasteiger partial charge >= 0.3 is 0 Å². The summed E-state index contributed by atoms with van der Waals surface area (Å²) in [6, 6.07) is 5.90. The van der Waals surface area contributed by atoms with Crippen LogP contribution in [-0.2, 0) is 16.0 Å². The highest BCUT2D eigenvalue weighted by Gasteiger charge is 2.43. The number of rotatable bonds is 1. The molecule has 0 bridgehead atoms. The summed E-state index contributed by atoms with van der Waals surface area (Å²) < 4.78 is 0. The molecule has 1 fully saturated rings. The van der Waals surface area contributed by atoms with Crippen LogP contribution in [0.25, 0.3) is 0 Å². The van der Waals surface area contributed by atoms with Crippen LogP contribution in [0.1, 0.15) is 24.0 Å². The lowest BCUT2D eigenvalue weighted by molar-refractivity contribution is -0.129. The molecule has 5 nitrogen and oxygen atoms in total. The third kappa shape index (κ3) is 1.51. The molecule has 1 aliphatic carbocycles. The molecular weight excluding hydrogens is 242 g/mol. The van der Waals surface area contributed by atoms with Crippen molar-refractivity contribution in [2.24, 2.45) is 16.9 Å². The maximum atomic E-state index is 11.6. The molecular formula is C14H13N3O2. The van der Waals surface area contributed by atoms with Crippen molar-refractivity contribution in [3.63, 3.8) is 0 Å². The van der Waals surface area contributed by atoms with E-state index in [0.717, 1.165) is 35.4 Å². The molecule has 2 N–H and O–H groups in total. The van der Waals surface area contributed by atoms with Gasteiger partial charge < -0.3 is 5.32 Å². The SMILES string of the molecule is O=C1Cc2cc(C3=NNC(=O)C4CCC34)ccc2N1. The molecule has 0 radical (unpaired) electrons. The van der Waals surface area contributed by atoms with E-state index in [4.69, 9.17) is 0 Å². The van der Waals surface area contributed by atoms with Crippen molar-refractivity contribution in [2.75, 3.05) is 5.32 Å². The molecule has 2 atom stereocenters. The number of nitrogens with zero attached hydrogens (tertiary/aromatic N) is 1. The van der Waals surface area contributed by atoms with Crippen LogP contribution in [0.15, 0.2) is 23.3 Å². The van der Waals surface area contributed by atoms with E-state index >= 15 is 0 Å². The predicted molar refractivity (Wildman–Crippen MR) is 69.7 cm³/mol. The number of anilines is 1. The maximum absolute atomic E-state index is 11.6. The number of hydrazone groups is 1. The summed E-state index contributed by atoms with van der Waals surface area (Å²) in [5, 5.41) is 7.04. The average Bonchev–Trinajstić information content (AvgIpc) is 2.70. The van der Waals surface area contributed by atoms with Crippen molar-refractivity contribution in [3.8, 4) is 0 Å².